The van der Waals surface area contributed by atoms with E-state index in [1.54, 1.807) is 24.3 Å². The molecule has 14 heavy (non-hydrogen) atoms. The van der Waals surface area contributed by atoms with Gasteiger partial charge in [0.25, 0.3) is 0 Å². The Morgan fingerprint density at radius 1 is 1.43 bits per heavy atom. The minimum absolute atomic E-state index is 0.520. The number of nitrogens with one attached hydrogen (secondary N) is 1. The maximum Gasteiger partial charge on any atom is 0.244 e. The lowest BCUT2D eigenvalue weighted by atomic mass is 10.2. The third-order valence-electron chi connectivity index (χ3n) is 1.33. The number of nitrogens with zero attached hydrogens (tertiary/aromatic N) is 1. The molecule has 1 aromatic carbocycles. The van der Waals surface area contributed by atoms with E-state index in [0.717, 1.165) is 6.26 Å². The molecule has 0 amide bonds. The molecule has 76 valence electrons. The zero-order chi connectivity index (χ0) is 10.6. The van der Waals surface area contributed by atoms with E-state index in [4.69, 9.17) is 11.6 Å². The quantitative estimate of drug-likeness (QED) is 0.629. The summed E-state index contributed by atoms with van der Waals surface area (Å²) in [5.41, 5.74) is 0.658. The van der Waals surface area contributed by atoms with Crippen LogP contribution in [0.1, 0.15) is 5.56 Å². The van der Waals surface area contributed by atoms with Crippen LogP contribution >= 0.6 is 11.6 Å². The van der Waals surface area contributed by atoms with Gasteiger partial charge in [-0.25, -0.2) is 13.2 Å². The fourth-order valence-corrected chi connectivity index (χ4v) is 1.20. The molecule has 0 radical (unpaired) electrons. The molecule has 0 saturated heterocycles. The molecule has 0 aliphatic heterocycles. The first-order valence-corrected chi connectivity index (χ1v) is 6.00. The summed E-state index contributed by atoms with van der Waals surface area (Å²) in [5.74, 6) is 0. The smallest absolute Gasteiger partial charge is 0.206 e. The summed E-state index contributed by atoms with van der Waals surface area (Å²) in [6.07, 6.45) is 2.38. The monoisotopic (exact) mass is 232 g/mol. The van der Waals surface area contributed by atoms with Gasteiger partial charge in [0.05, 0.1) is 12.5 Å². The Morgan fingerprint density at radius 2 is 2.07 bits per heavy atom. The number of rotatable bonds is 3. The van der Waals surface area contributed by atoms with Crippen LogP contribution in [0.5, 0.6) is 0 Å². The van der Waals surface area contributed by atoms with E-state index in [1.807, 2.05) is 4.83 Å². The van der Waals surface area contributed by atoms with Crippen molar-refractivity contribution in [3.8, 4) is 0 Å². The molecular formula is C8H9ClN2O2S. The molecule has 0 fully saturated rings. The van der Waals surface area contributed by atoms with Gasteiger partial charge >= 0.3 is 0 Å². The third kappa shape index (κ3) is 3.76. The zero-order valence-corrected chi connectivity index (χ0v) is 9.01. The molecular weight excluding hydrogens is 224 g/mol. The Hall–Kier alpha value is -1.07. The predicted octanol–water partition coefficient (Wildman–Crippen LogP) is 1.22. The van der Waals surface area contributed by atoms with Crippen molar-refractivity contribution in [2.45, 2.75) is 0 Å². The highest BCUT2D eigenvalue weighted by Crippen LogP contribution is 2.11. The summed E-state index contributed by atoms with van der Waals surface area (Å²) >= 11 is 5.81. The van der Waals surface area contributed by atoms with Crippen LogP contribution in [0.4, 0.5) is 0 Å². The van der Waals surface area contributed by atoms with Crippen molar-refractivity contribution in [2.24, 2.45) is 5.10 Å². The second-order valence-corrected chi connectivity index (χ2v) is 4.78. The maximum atomic E-state index is 10.6. The van der Waals surface area contributed by atoms with E-state index >= 15 is 0 Å². The van der Waals surface area contributed by atoms with Crippen LogP contribution in [0.2, 0.25) is 5.02 Å². The van der Waals surface area contributed by atoms with Crippen molar-refractivity contribution in [1.82, 2.24) is 4.83 Å². The van der Waals surface area contributed by atoms with Gasteiger partial charge in [-0.15, -0.1) is 0 Å². The molecule has 0 bridgehead atoms. The number of hydrazone groups is 1. The molecule has 0 heterocycles. The van der Waals surface area contributed by atoms with E-state index in [0.29, 0.717) is 10.6 Å². The summed E-state index contributed by atoms with van der Waals surface area (Å²) in [6.45, 7) is 0. The Bertz CT molecular complexity index is 442. The first-order chi connectivity index (χ1) is 6.49. The Labute approximate surface area is 87.6 Å². The maximum absolute atomic E-state index is 10.6. The van der Waals surface area contributed by atoms with Gasteiger partial charge in [0.2, 0.25) is 10.0 Å². The van der Waals surface area contributed by atoms with Gasteiger partial charge in [-0.3, -0.25) is 0 Å². The lowest BCUT2D eigenvalue weighted by Crippen LogP contribution is -2.15. The second kappa shape index (κ2) is 4.43. The van der Waals surface area contributed by atoms with Gasteiger partial charge in [0.1, 0.15) is 0 Å². The summed E-state index contributed by atoms with van der Waals surface area (Å²) in [7, 11) is -3.30. The van der Waals surface area contributed by atoms with Crippen molar-refractivity contribution in [3.05, 3.63) is 34.9 Å². The Kier molecular flexibility index (Phi) is 3.49. The van der Waals surface area contributed by atoms with E-state index in [-0.39, 0.29) is 0 Å². The van der Waals surface area contributed by atoms with E-state index in [9.17, 15) is 8.42 Å². The van der Waals surface area contributed by atoms with Crippen LogP contribution in [-0.4, -0.2) is 20.9 Å². The van der Waals surface area contributed by atoms with Gasteiger partial charge in [-0.2, -0.15) is 5.10 Å². The minimum Gasteiger partial charge on any atom is -0.206 e. The van der Waals surface area contributed by atoms with E-state index < -0.39 is 10.0 Å². The van der Waals surface area contributed by atoms with Gasteiger partial charge in [-0.1, -0.05) is 29.8 Å². The molecule has 0 aromatic heterocycles. The van der Waals surface area contributed by atoms with Gasteiger partial charge in [-0.05, 0) is 6.07 Å². The Morgan fingerprint density at radius 3 is 2.64 bits per heavy atom. The number of hydrogen-bond acceptors (Lipinski definition) is 3. The summed E-state index contributed by atoms with van der Waals surface area (Å²) < 4.78 is 21.3. The van der Waals surface area contributed by atoms with E-state index in [1.165, 1.54) is 6.21 Å². The first-order valence-electron chi connectivity index (χ1n) is 3.73. The van der Waals surface area contributed by atoms with Gasteiger partial charge in [0, 0.05) is 10.6 Å². The van der Waals surface area contributed by atoms with Crippen LogP contribution in [0.3, 0.4) is 0 Å². The molecule has 6 heteroatoms. The molecule has 1 aromatic rings. The molecule has 0 atom stereocenters. The van der Waals surface area contributed by atoms with Crippen LogP contribution in [0, 0.1) is 0 Å². The average molecular weight is 233 g/mol. The zero-order valence-electron chi connectivity index (χ0n) is 7.44. The van der Waals surface area contributed by atoms with Crippen LogP contribution in [0.25, 0.3) is 0 Å². The Balaban J connectivity index is 2.75. The van der Waals surface area contributed by atoms with Crippen molar-refractivity contribution in [3.63, 3.8) is 0 Å². The molecule has 1 N–H and O–H groups in total. The van der Waals surface area contributed by atoms with Gasteiger partial charge < -0.3 is 0 Å². The topological polar surface area (TPSA) is 58.5 Å². The number of sulfonamides is 1. The molecule has 0 spiro atoms. The van der Waals surface area contributed by atoms with Crippen molar-refractivity contribution in [2.75, 3.05) is 6.26 Å². The lowest BCUT2D eigenvalue weighted by molar-refractivity contribution is 0.591. The highest BCUT2D eigenvalue weighted by atomic mass is 35.5. The first kappa shape index (κ1) is 11.0. The standard InChI is InChI=1S/C8H9ClN2O2S/c1-14(12,13)11-10-6-7-4-2-3-5-8(7)9/h2-6,11H,1H3. The highest BCUT2D eigenvalue weighted by Gasteiger charge is 1.96. The highest BCUT2D eigenvalue weighted by molar-refractivity contribution is 7.88. The predicted molar refractivity (Wildman–Crippen MR) is 57.0 cm³/mol. The molecule has 1 rings (SSSR count). The average Bonchev–Trinajstić information content (AvgIpc) is 2.06. The molecule has 0 aliphatic rings. The largest absolute Gasteiger partial charge is 0.244 e. The molecule has 0 unspecified atom stereocenters. The third-order valence-corrected chi connectivity index (χ3v) is 2.11. The fraction of sp³-hybridized carbons (Fsp3) is 0.125. The number of halogens is 1. The minimum atomic E-state index is -3.30. The van der Waals surface area contributed by atoms with Crippen molar-refractivity contribution < 1.29 is 8.42 Å². The van der Waals surface area contributed by atoms with Crippen molar-refractivity contribution >= 4 is 27.8 Å². The van der Waals surface area contributed by atoms with Crippen LogP contribution < -0.4 is 4.83 Å². The lowest BCUT2D eigenvalue weighted by Gasteiger charge is -1.96. The van der Waals surface area contributed by atoms with Crippen LogP contribution in [-0.2, 0) is 10.0 Å². The fourth-order valence-electron chi connectivity index (χ4n) is 0.771. The summed E-state index contributed by atoms with van der Waals surface area (Å²) in [6, 6.07) is 7.00. The molecule has 4 nitrogen and oxygen atoms in total. The van der Waals surface area contributed by atoms with E-state index in [2.05, 4.69) is 5.10 Å². The molecule has 0 aliphatic carbocycles. The normalized spacial score (nSPS) is 11.9. The SMILES string of the molecule is CS(=O)(=O)NN=Cc1ccccc1Cl. The number of benzene rings is 1. The van der Waals surface area contributed by atoms with Crippen molar-refractivity contribution in [1.29, 1.82) is 0 Å². The van der Waals surface area contributed by atoms with Gasteiger partial charge in [0.15, 0.2) is 0 Å². The summed E-state index contributed by atoms with van der Waals surface area (Å²) in [5, 5.41) is 4.05. The number of hydrogen-bond donors (Lipinski definition) is 1. The molecule has 0 saturated carbocycles. The second-order valence-electron chi connectivity index (χ2n) is 2.64. The van der Waals surface area contributed by atoms with Crippen LogP contribution in [0.15, 0.2) is 29.4 Å². The summed E-state index contributed by atoms with van der Waals surface area (Å²) in [4.78, 5) is 1.98.